The fourth-order valence-corrected chi connectivity index (χ4v) is 4.29. The second-order valence-corrected chi connectivity index (χ2v) is 7.87. The molecule has 0 amide bonds. The number of hydrogen-bond acceptors (Lipinski definition) is 8. The van der Waals surface area contributed by atoms with E-state index in [-0.39, 0.29) is 11.9 Å². The van der Waals surface area contributed by atoms with Crippen molar-refractivity contribution in [1.29, 1.82) is 0 Å². The highest BCUT2D eigenvalue weighted by Gasteiger charge is 2.31. The van der Waals surface area contributed by atoms with Gasteiger partial charge >= 0.3 is 0 Å². The van der Waals surface area contributed by atoms with Crippen LogP contribution in [-0.2, 0) is 17.8 Å². The van der Waals surface area contributed by atoms with E-state index in [9.17, 15) is 4.79 Å². The Kier molecular flexibility index (Phi) is 4.69. The molecule has 1 fully saturated rings. The molecule has 0 aliphatic carbocycles. The molecule has 8 heteroatoms. The Bertz CT molecular complexity index is 922. The van der Waals surface area contributed by atoms with Gasteiger partial charge in [0.1, 0.15) is 28.7 Å². The number of thiazole rings is 1. The first-order chi connectivity index (χ1) is 12.6. The second kappa shape index (κ2) is 7.13. The monoisotopic (exact) mass is 372 g/mol. The van der Waals surface area contributed by atoms with Crippen LogP contribution in [-0.4, -0.2) is 44.3 Å². The largest absolute Gasteiger partial charge is 0.470 e. The van der Waals surface area contributed by atoms with E-state index in [0.29, 0.717) is 23.9 Å². The SMILES string of the molecule is CC(=O)Cc1ncc(CN2C[C@H](Oc3ncnc4ccoc34)C[C@@H]2C)s1. The number of ether oxygens (including phenoxy) is 1. The Labute approximate surface area is 155 Å². The van der Waals surface area contributed by atoms with Gasteiger partial charge < -0.3 is 9.15 Å². The topological polar surface area (TPSA) is 81.4 Å². The van der Waals surface area contributed by atoms with E-state index in [2.05, 4.69) is 26.8 Å². The molecule has 1 saturated heterocycles. The lowest BCUT2D eigenvalue weighted by Gasteiger charge is -2.19. The molecule has 0 spiro atoms. The van der Waals surface area contributed by atoms with Crippen molar-refractivity contribution in [2.75, 3.05) is 6.54 Å². The van der Waals surface area contributed by atoms with Gasteiger partial charge in [0.05, 0.1) is 12.7 Å². The van der Waals surface area contributed by atoms with E-state index in [1.54, 1.807) is 30.6 Å². The van der Waals surface area contributed by atoms with E-state index in [1.165, 1.54) is 11.2 Å². The summed E-state index contributed by atoms with van der Waals surface area (Å²) in [5.74, 6) is 0.642. The van der Waals surface area contributed by atoms with Crippen LogP contribution in [0.15, 0.2) is 29.3 Å². The smallest absolute Gasteiger partial charge is 0.261 e. The van der Waals surface area contributed by atoms with Crippen LogP contribution in [0.1, 0.15) is 30.2 Å². The van der Waals surface area contributed by atoms with Gasteiger partial charge in [-0.1, -0.05) is 0 Å². The van der Waals surface area contributed by atoms with Gasteiger partial charge in [-0.2, -0.15) is 4.98 Å². The number of hydrogen-bond donors (Lipinski definition) is 0. The summed E-state index contributed by atoms with van der Waals surface area (Å²) in [6, 6.07) is 2.20. The Morgan fingerprint density at radius 2 is 2.31 bits per heavy atom. The molecular formula is C18H20N4O3S. The third-order valence-corrected chi connectivity index (χ3v) is 5.50. The van der Waals surface area contributed by atoms with Gasteiger partial charge in [0.15, 0.2) is 0 Å². The second-order valence-electron chi connectivity index (χ2n) is 6.67. The standard InChI is InChI=1S/C18H20N4O3S/c1-11-5-13(25-18-17-15(3-4-24-17)20-10-21-18)8-22(11)9-14-7-19-16(26-14)6-12(2)23/h3-4,7,10-11,13H,5-6,8-9H2,1-2H3/t11-,13+/m0/s1. The highest BCUT2D eigenvalue weighted by atomic mass is 32.1. The molecule has 0 saturated carbocycles. The van der Waals surface area contributed by atoms with Gasteiger partial charge in [0.25, 0.3) is 5.88 Å². The average Bonchev–Trinajstić information content (AvgIpc) is 3.29. The zero-order valence-corrected chi connectivity index (χ0v) is 15.5. The minimum atomic E-state index is 0.0535. The van der Waals surface area contributed by atoms with E-state index >= 15 is 0 Å². The maximum absolute atomic E-state index is 11.2. The van der Waals surface area contributed by atoms with Crippen LogP contribution >= 0.6 is 11.3 Å². The summed E-state index contributed by atoms with van der Waals surface area (Å²) in [6.07, 6.45) is 6.36. The molecule has 4 rings (SSSR count). The van der Waals surface area contributed by atoms with E-state index < -0.39 is 0 Å². The van der Waals surface area contributed by atoms with Crippen molar-refractivity contribution in [1.82, 2.24) is 19.9 Å². The third kappa shape index (κ3) is 3.61. The fourth-order valence-electron chi connectivity index (χ4n) is 3.28. The van der Waals surface area contributed by atoms with Crippen LogP contribution < -0.4 is 4.74 Å². The van der Waals surface area contributed by atoms with E-state index in [1.807, 2.05) is 6.20 Å². The van der Waals surface area contributed by atoms with Crippen LogP contribution in [0.4, 0.5) is 0 Å². The summed E-state index contributed by atoms with van der Waals surface area (Å²) < 4.78 is 11.5. The summed E-state index contributed by atoms with van der Waals surface area (Å²) in [6.45, 7) is 5.42. The molecule has 3 aromatic rings. The molecule has 2 atom stereocenters. The van der Waals surface area contributed by atoms with Crippen molar-refractivity contribution in [2.24, 2.45) is 0 Å². The molecule has 0 radical (unpaired) electrons. The van der Waals surface area contributed by atoms with E-state index in [4.69, 9.17) is 9.15 Å². The van der Waals surface area contributed by atoms with Crippen molar-refractivity contribution in [2.45, 2.75) is 45.4 Å². The molecule has 26 heavy (non-hydrogen) atoms. The number of ketones is 1. The first-order valence-electron chi connectivity index (χ1n) is 8.60. The van der Waals surface area contributed by atoms with Crippen LogP contribution in [0.5, 0.6) is 5.88 Å². The highest BCUT2D eigenvalue weighted by molar-refractivity contribution is 7.11. The maximum Gasteiger partial charge on any atom is 0.261 e. The molecule has 7 nitrogen and oxygen atoms in total. The summed E-state index contributed by atoms with van der Waals surface area (Å²) in [7, 11) is 0. The number of Topliss-reactive ketones (excluding diaryl/α,β-unsaturated/α-hetero) is 1. The number of likely N-dealkylation sites (tertiary alicyclic amines) is 1. The summed E-state index contributed by atoms with van der Waals surface area (Å²) in [4.78, 5) is 27.5. The molecule has 1 aliphatic heterocycles. The van der Waals surface area contributed by atoms with Crippen LogP contribution in [0, 0.1) is 0 Å². The lowest BCUT2D eigenvalue weighted by Crippen LogP contribution is -2.27. The van der Waals surface area contributed by atoms with Crippen molar-refractivity contribution < 1.29 is 13.9 Å². The Balaban J connectivity index is 1.40. The predicted octanol–water partition coefficient (Wildman–Crippen LogP) is 2.85. The number of furan rings is 1. The Morgan fingerprint density at radius 3 is 3.15 bits per heavy atom. The van der Waals surface area contributed by atoms with Gasteiger partial charge in [-0.15, -0.1) is 11.3 Å². The van der Waals surface area contributed by atoms with Gasteiger partial charge in [0, 0.05) is 42.7 Å². The van der Waals surface area contributed by atoms with Crippen LogP contribution in [0.3, 0.4) is 0 Å². The molecule has 1 aliphatic rings. The molecule has 3 aromatic heterocycles. The van der Waals surface area contributed by atoms with Gasteiger partial charge in [-0.3, -0.25) is 9.69 Å². The zero-order valence-electron chi connectivity index (χ0n) is 14.7. The highest BCUT2D eigenvalue weighted by Crippen LogP contribution is 2.28. The predicted molar refractivity (Wildman–Crippen MR) is 97.2 cm³/mol. The summed E-state index contributed by atoms with van der Waals surface area (Å²) in [5, 5.41) is 0.883. The van der Waals surface area contributed by atoms with E-state index in [0.717, 1.165) is 30.0 Å². The van der Waals surface area contributed by atoms with Crippen molar-refractivity contribution in [3.63, 3.8) is 0 Å². The third-order valence-electron chi connectivity index (χ3n) is 4.51. The number of carbonyl (C=O) groups excluding carboxylic acids is 1. The van der Waals surface area contributed by atoms with Crippen LogP contribution in [0.25, 0.3) is 11.1 Å². The van der Waals surface area contributed by atoms with Crippen molar-refractivity contribution >= 4 is 28.2 Å². The minimum Gasteiger partial charge on any atom is -0.470 e. The molecule has 136 valence electrons. The number of rotatable bonds is 6. The van der Waals surface area contributed by atoms with Crippen molar-refractivity contribution in [3.8, 4) is 5.88 Å². The fraction of sp³-hybridized carbons (Fsp3) is 0.444. The van der Waals surface area contributed by atoms with Crippen molar-refractivity contribution in [3.05, 3.63) is 34.7 Å². The maximum atomic E-state index is 11.2. The lowest BCUT2D eigenvalue weighted by molar-refractivity contribution is -0.116. The number of fused-ring (bicyclic) bond motifs is 1. The first kappa shape index (κ1) is 17.1. The average molecular weight is 372 g/mol. The van der Waals surface area contributed by atoms with Gasteiger partial charge in [-0.05, 0) is 13.8 Å². The number of nitrogens with zero attached hydrogens (tertiary/aromatic N) is 4. The quantitative estimate of drug-likeness (QED) is 0.658. The Morgan fingerprint density at radius 1 is 1.42 bits per heavy atom. The molecule has 0 bridgehead atoms. The summed E-state index contributed by atoms with van der Waals surface area (Å²) in [5.41, 5.74) is 1.34. The molecule has 4 heterocycles. The van der Waals surface area contributed by atoms with Gasteiger partial charge in [0.2, 0.25) is 5.58 Å². The summed E-state index contributed by atoms with van der Waals surface area (Å²) >= 11 is 1.61. The molecular weight excluding hydrogens is 352 g/mol. The van der Waals surface area contributed by atoms with Crippen LogP contribution in [0.2, 0.25) is 0 Å². The number of carbonyl (C=O) groups is 1. The van der Waals surface area contributed by atoms with Gasteiger partial charge in [-0.25, -0.2) is 9.97 Å². The minimum absolute atomic E-state index is 0.0535. The normalized spacial score (nSPS) is 20.7. The first-order valence-corrected chi connectivity index (χ1v) is 9.42. The zero-order chi connectivity index (χ0) is 18.1. The number of aromatic nitrogens is 3. The lowest BCUT2D eigenvalue weighted by atomic mass is 10.2. The Hall–Kier alpha value is -2.32. The molecule has 0 N–H and O–H groups in total. The molecule has 0 unspecified atom stereocenters. The molecule has 0 aromatic carbocycles.